The van der Waals surface area contributed by atoms with Gasteiger partial charge in [0.15, 0.2) is 0 Å². The molecule has 0 aliphatic heterocycles. The Balaban J connectivity index is 1.45. The normalized spacial score (nSPS) is 12.2. The van der Waals surface area contributed by atoms with E-state index in [-0.39, 0.29) is 0 Å². The van der Waals surface area contributed by atoms with E-state index in [1.165, 1.54) is 35.1 Å². The van der Waals surface area contributed by atoms with E-state index in [1.807, 2.05) is 13.0 Å². The lowest BCUT2D eigenvalue weighted by atomic mass is 10.1. The fraction of sp³-hybridized carbons (Fsp3) is 0.364. The number of rotatable bonds is 9. The second kappa shape index (κ2) is 8.58. The van der Waals surface area contributed by atoms with E-state index in [4.69, 9.17) is 9.47 Å². The van der Waals surface area contributed by atoms with Gasteiger partial charge in [-0.25, -0.2) is 0 Å². The molecule has 0 spiro atoms. The highest BCUT2D eigenvalue weighted by atomic mass is 16.5. The molecule has 3 rings (SSSR count). The van der Waals surface area contributed by atoms with Gasteiger partial charge >= 0.3 is 0 Å². The molecule has 1 aliphatic carbocycles. The maximum Gasteiger partial charge on any atom is 0.123 e. The SMILES string of the molecule is CC=COCCCCCCOc1cccc2c1Cc1ccccc1-2. The molecule has 0 saturated heterocycles. The van der Waals surface area contributed by atoms with Crippen molar-refractivity contribution in [1.29, 1.82) is 0 Å². The predicted molar refractivity (Wildman–Crippen MR) is 99.4 cm³/mol. The fourth-order valence-electron chi connectivity index (χ4n) is 3.25. The monoisotopic (exact) mass is 322 g/mol. The van der Waals surface area contributed by atoms with Gasteiger partial charge in [-0.15, -0.1) is 0 Å². The van der Waals surface area contributed by atoms with E-state index in [1.54, 1.807) is 6.26 Å². The molecule has 24 heavy (non-hydrogen) atoms. The molecular formula is C22H26O2. The summed E-state index contributed by atoms with van der Waals surface area (Å²) in [5.41, 5.74) is 5.45. The molecule has 1 aliphatic rings. The molecule has 2 aromatic rings. The molecule has 0 bridgehead atoms. The van der Waals surface area contributed by atoms with E-state index < -0.39 is 0 Å². The third kappa shape index (κ3) is 4.00. The van der Waals surface area contributed by atoms with Crippen LogP contribution in [-0.2, 0) is 11.2 Å². The van der Waals surface area contributed by atoms with Crippen LogP contribution in [0.4, 0.5) is 0 Å². The van der Waals surface area contributed by atoms with Crippen LogP contribution in [0.1, 0.15) is 43.7 Å². The topological polar surface area (TPSA) is 18.5 Å². The average Bonchev–Trinajstić information content (AvgIpc) is 3.00. The van der Waals surface area contributed by atoms with Gasteiger partial charge in [0, 0.05) is 12.0 Å². The smallest absolute Gasteiger partial charge is 0.123 e. The zero-order chi connectivity index (χ0) is 16.6. The zero-order valence-corrected chi connectivity index (χ0v) is 14.5. The average molecular weight is 322 g/mol. The van der Waals surface area contributed by atoms with Crippen molar-refractivity contribution >= 4 is 0 Å². The first-order valence-corrected chi connectivity index (χ1v) is 8.96. The molecule has 0 unspecified atom stereocenters. The minimum absolute atomic E-state index is 0.794. The van der Waals surface area contributed by atoms with Crippen LogP contribution in [0.5, 0.6) is 5.75 Å². The first kappa shape index (κ1) is 16.6. The molecule has 0 radical (unpaired) electrons. The van der Waals surface area contributed by atoms with Crippen LogP contribution < -0.4 is 4.74 Å². The minimum Gasteiger partial charge on any atom is -0.502 e. The van der Waals surface area contributed by atoms with Crippen LogP contribution in [0, 0.1) is 0 Å². The lowest BCUT2D eigenvalue weighted by Crippen LogP contribution is -2.00. The zero-order valence-electron chi connectivity index (χ0n) is 14.5. The number of ether oxygens (including phenoxy) is 2. The van der Waals surface area contributed by atoms with E-state index in [2.05, 4.69) is 42.5 Å². The Kier molecular flexibility index (Phi) is 5.95. The summed E-state index contributed by atoms with van der Waals surface area (Å²) in [6, 6.07) is 15.1. The maximum absolute atomic E-state index is 6.08. The molecule has 0 saturated carbocycles. The summed E-state index contributed by atoms with van der Waals surface area (Å²) in [6.07, 6.45) is 9.26. The second-order valence-electron chi connectivity index (χ2n) is 6.22. The number of hydrogen-bond donors (Lipinski definition) is 0. The van der Waals surface area contributed by atoms with Crippen molar-refractivity contribution in [2.75, 3.05) is 13.2 Å². The van der Waals surface area contributed by atoms with Crippen molar-refractivity contribution in [3.05, 3.63) is 65.9 Å². The van der Waals surface area contributed by atoms with Gasteiger partial charge in [0.1, 0.15) is 5.75 Å². The maximum atomic E-state index is 6.08. The Labute approximate surface area is 145 Å². The molecular weight excluding hydrogens is 296 g/mol. The van der Waals surface area contributed by atoms with Crippen LogP contribution in [0.15, 0.2) is 54.8 Å². The Hall–Kier alpha value is -2.22. The van der Waals surface area contributed by atoms with E-state index in [0.717, 1.165) is 38.2 Å². The van der Waals surface area contributed by atoms with E-state index in [9.17, 15) is 0 Å². The molecule has 0 amide bonds. The minimum atomic E-state index is 0.794. The summed E-state index contributed by atoms with van der Waals surface area (Å²) in [5, 5.41) is 0. The van der Waals surface area contributed by atoms with Gasteiger partial charge in [-0.3, -0.25) is 0 Å². The van der Waals surface area contributed by atoms with Gasteiger partial charge in [0.25, 0.3) is 0 Å². The molecule has 2 aromatic carbocycles. The molecule has 126 valence electrons. The van der Waals surface area contributed by atoms with Gasteiger partial charge in [0.05, 0.1) is 19.5 Å². The molecule has 0 fully saturated rings. The Morgan fingerprint density at radius 1 is 0.875 bits per heavy atom. The van der Waals surface area contributed by atoms with E-state index in [0.29, 0.717) is 0 Å². The van der Waals surface area contributed by atoms with Gasteiger partial charge in [-0.05, 0) is 55.4 Å². The number of benzene rings is 2. The van der Waals surface area contributed by atoms with Crippen molar-refractivity contribution in [2.24, 2.45) is 0 Å². The van der Waals surface area contributed by atoms with Gasteiger partial charge in [-0.1, -0.05) is 42.5 Å². The van der Waals surface area contributed by atoms with Crippen molar-refractivity contribution in [1.82, 2.24) is 0 Å². The van der Waals surface area contributed by atoms with Crippen LogP contribution in [0.2, 0.25) is 0 Å². The third-order valence-electron chi connectivity index (χ3n) is 4.45. The fourth-order valence-corrected chi connectivity index (χ4v) is 3.25. The van der Waals surface area contributed by atoms with Gasteiger partial charge in [0.2, 0.25) is 0 Å². The van der Waals surface area contributed by atoms with E-state index >= 15 is 0 Å². The van der Waals surface area contributed by atoms with Crippen LogP contribution in [-0.4, -0.2) is 13.2 Å². The predicted octanol–water partition coefficient (Wildman–Crippen LogP) is 5.75. The molecule has 2 heteroatoms. The van der Waals surface area contributed by atoms with Crippen LogP contribution in [0.3, 0.4) is 0 Å². The number of allylic oxidation sites excluding steroid dienone is 1. The number of hydrogen-bond acceptors (Lipinski definition) is 2. The summed E-state index contributed by atoms with van der Waals surface area (Å²) < 4.78 is 11.4. The Morgan fingerprint density at radius 2 is 1.67 bits per heavy atom. The summed E-state index contributed by atoms with van der Waals surface area (Å²) in [6.45, 7) is 3.58. The van der Waals surface area contributed by atoms with Crippen molar-refractivity contribution in [3.63, 3.8) is 0 Å². The second-order valence-corrected chi connectivity index (χ2v) is 6.22. The quantitative estimate of drug-likeness (QED) is 0.369. The third-order valence-corrected chi connectivity index (χ3v) is 4.45. The number of fused-ring (bicyclic) bond motifs is 3. The molecule has 0 atom stereocenters. The van der Waals surface area contributed by atoms with Crippen LogP contribution >= 0.6 is 0 Å². The van der Waals surface area contributed by atoms with Crippen LogP contribution in [0.25, 0.3) is 11.1 Å². The Morgan fingerprint density at radius 3 is 2.54 bits per heavy atom. The van der Waals surface area contributed by atoms with Crippen molar-refractivity contribution < 1.29 is 9.47 Å². The Bertz CT molecular complexity index is 688. The molecule has 0 N–H and O–H groups in total. The highest BCUT2D eigenvalue weighted by Gasteiger charge is 2.20. The first-order chi connectivity index (χ1) is 11.9. The molecule has 0 heterocycles. The summed E-state index contributed by atoms with van der Waals surface area (Å²) in [7, 11) is 0. The number of unbranched alkanes of at least 4 members (excludes halogenated alkanes) is 3. The molecule has 0 aromatic heterocycles. The lowest BCUT2D eigenvalue weighted by Gasteiger charge is -2.11. The summed E-state index contributed by atoms with van der Waals surface area (Å²) in [4.78, 5) is 0. The summed E-state index contributed by atoms with van der Waals surface area (Å²) in [5.74, 6) is 1.06. The van der Waals surface area contributed by atoms with Crippen molar-refractivity contribution in [2.45, 2.75) is 39.0 Å². The lowest BCUT2D eigenvalue weighted by molar-refractivity contribution is 0.237. The highest BCUT2D eigenvalue weighted by Crippen LogP contribution is 2.40. The summed E-state index contributed by atoms with van der Waals surface area (Å²) >= 11 is 0. The molecule has 2 nitrogen and oxygen atoms in total. The highest BCUT2D eigenvalue weighted by molar-refractivity contribution is 5.78. The van der Waals surface area contributed by atoms with Gasteiger partial charge in [-0.2, -0.15) is 0 Å². The van der Waals surface area contributed by atoms with Gasteiger partial charge < -0.3 is 9.47 Å². The first-order valence-electron chi connectivity index (χ1n) is 8.96. The van der Waals surface area contributed by atoms with Crippen molar-refractivity contribution in [3.8, 4) is 16.9 Å². The largest absolute Gasteiger partial charge is 0.502 e. The standard InChI is InChI=1S/C22H26O2/c1-2-14-23-15-7-3-4-8-16-24-22-13-9-12-20-19-11-6-5-10-18(19)17-21(20)22/h2,5-6,9-14H,3-4,7-8,15-17H2,1H3.